The summed E-state index contributed by atoms with van der Waals surface area (Å²) in [5.41, 5.74) is 0.186. The van der Waals surface area contributed by atoms with Crippen LogP contribution >= 0.6 is 12.0 Å². The SMILES string of the molecule is COC1C(OC(=O)NC(C)(C)COSC)CC[C@]2(CO2)C1[C@@]1(C)O[C@@H]1CC=C(C)C. The van der Waals surface area contributed by atoms with Crippen molar-refractivity contribution in [2.45, 2.75) is 88.9 Å². The molecule has 6 atom stereocenters. The van der Waals surface area contributed by atoms with Crippen molar-refractivity contribution in [2.75, 3.05) is 26.6 Å². The number of allylic oxidation sites excluding steroid dienone is 1. The molecule has 0 aromatic carbocycles. The van der Waals surface area contributed by atoms with Crippen LogP contribution in [0.25, 0.3) is 0 Å². The molecule has 1 amide bonds. The highest BCUT2D eigenvalue weighted by Gasteiger charge is 2.72. The van der Waals surface area contributed by atoms with Crippen molar-refractivity contribution < 1.29 is 27.9 Å². The zero-order valence-electron chi connectivity index (χ0n) is 19.3. The fourth-order valence-corrected chi connectivity index (χ4v) is 5.17. The third-order valence-corrected chi connectivity index (χ3v) is 6.83. The van der Waals surface area contributed by atoms with E-state index in [-0.39, 0.29) is 35.4 Å². The van der Waals surface area contributed by atoms with E-state index in [4.69, 9.17) is 23.1 Å². The van der Waals surface area contributed by atoms with Crippen LogP contribution in [-0.2, 0) is 23.1 Å². The average molecular weight is 444 g/mol. The molecule has 1 aliphatic carbocycles. The van der Waals surface area contributed by atoms with E-state index in [9.17, 15) is 4.79 Å². The second-order valence-corrected chi connectivity index (χ2v) is 10.3. The van der Waals surface area contributed by atoms with E-state index in [2.05, 4.69) is 32.2 Å². The van der Waals surface area contributed by atoms with Gasteiger partial charge in [0.25, 0.3) is 0 Å². The molecule has 30 heavy (non-hydrogen) atoms. The number of hydrogen-bond donors (Lipinski definition) is 1. The summed E-state index contributed by atoms with van der Waals surface area (Å²) in [7, 11) is 1.68. The summed E-state index contributed by atoms with van der Waals surface area (Å²) in [6.07, 6.45) is 5.52. The molecule has 3 fully saturated rings. The van der Waals surface area contributed by atoms with Crippen LogP contribution in [0.1, 0.15) is 53.9 Å². The number of hydrogen-bond acceptors (Lipinski definition) is 7. The number of carbonyl (C=O) groups excluding carboxylic acids is 1. The number of methoxy groups -OCH3 is 1. The van der Waals surface area contributed by atoms with Gasteiger partial charge in [-0.2, -0.15) is 0 Å². The van der Waals surface area contributed by atoms with E-state index in [1.165, 1.54) is 17.6 Å². The normalized spacial score (nSPS) is 37.6. The Hall–Kier alpha value is -0.800. The number of carbonyl (C=O) groups is 1. The lowest BCUT2D eigenvalue weighted by molar-refractivity contribution is -0.118. The van der Waals surface area contributed by atoms with Gasteiger partial charge in [-0.25, -0.2) is 4.79 Å². The lowest BCUT2D eigenvalue weighted by atomic mass is 9.68. The van der Waals surface area contributed by atoms with Crippen LogP contribution in [0, 0.1) is 5.92 Å². The molecule has 2 aliphatic heterocycles. The van der Waals surface area contributed by atoms with Crippen LogP contribution in [0.4, 0.5) is 4.79 Å². The Labute approximate surface area is 184 Å². The van der Waals surface area contributed by atoms with E-state index in [1.807, 2.05) is 20.1 Å². The number of alkyl carbamates (subject to hydrolysis) is 1. The van der Waals surface area contributed by atoms with Gasteiger partial charge >= 0.3 is 6.09 Å². The summed E-state index contributed by atoms with van der Waals surface area (Å²) in [4.78, 5) is 12.6. The summed E-state index contributed by atoms with van der Waals surface area (Å²) in [6.45, 7) is 11.2. The van der Waals surface area contributed by atoms with Crippen LogP contribution < -0.4 is 5.32 Å². The molecule has 7 nitrogen and oxygen atoms in total. The molecule has 0 aromatic rings. The molecule has 0 aromatic heterocycles. The molecule has 3 rings (SSSR count). The molecular weight excluding hydrogens is 406 g/mol. The Morgan fingerprint density at radius 3 is 2.63 bits per heavy atom. The molecule has 2 heterocycles. The molecule has 0 bridgehead atoms. The molecule has 1 N–H and O–H groups in total. The maximum atomic E-state index is 12.6. The fraction of sp³-hybridized carbons (Fsp3) is 0.864. The van der Waals surface area contributed by atoms with Crippen molar-refractivity contribution in [1.82, 2.24) is 5.32 Å². The Morgan fingerprint density at radius 2 is 2.07 bits per heavy atom. The molecule has 1 saturated carbocycles. The van der Waals surface area contributed by atoms with Crippen LogP contribution in [0.15, 0.2) is 11.6 Å². The molecule has 8 heteroatoms. The zero-order chi connectivity index (χ0) is 22.2. The van der Waals surface area contributed by atoms with Crippen molar-refractivity contribution in [3.8, 4) is 0 Å². The van der Waals surface area contributed by atoms with E-state index in [0.717, 1.165) is 12.8 Å². The maximum Gasteiger partial charge on any atom is 0.407 e. The number of amides is 1. The predicted molar refractivity (Wildman–Crippen MR) is 116 cm³/mol. The predicted octanol–water partition coefficient (Wildman–Crippen LogP) is 3.86. The van der Waals surface area contributed by atoms with Gasteiger partial charge in [-0.1, -0.05) is 11.6 Å². The number of nitrogens with one attached hydrogen (secondary N) is 1. The number of rotatable bonds is 9. The molecule has 2 saturated heterocycles. The summed E-state index contributed by atoms with van der Waals surface area (Å²) < 4.78 is 29.3. The molecule has 0 radical (unpaired) electrons. The van der Waals surface area contributed by atoms with Crippen molar-refractivity contribution in [3.05, 3.63) is 11.6 Å². The van der Waals surface area contributed by atoms with Crippen molar-refractivity contribution in [3.63, 3.8) is 0 Å². The van der Waals surface area contributed by atoms with Gasteiger partial charge in [0.05, 0.1) is 30.8 Å². The Kier molecular flexibility index (Phi) is 7.14. The molecule has 3 unspecified atom stereocenters. The van der Waals surface area contributed by atoms with Gasteiger partial charge in [0, 0.05) is 13.4 Å². The minimum absolute atomic E-state index is 0.0185. The minimum atomic E-state index is -0.529. The monoisotopic (exact) mass is 443 g/mol. The fourth-order valence-electron chi connectivity index (χ4n) is 4.76. The summed E-state index contributed by atoms with van der Waals surface area (Å²) in [6, 6.07) is 0. The van der Waals surface area contributed by atoms with Crippen molar-refractivity contribution >= 4 is 18.1 Å². The lowest BCUT2D eigenvalue weighted by Gasteiger charge is -2.42. The standard InChI is InChI=1S/C22H37NO6S/c1-14(2)8-9-16-21(5,29-16)18-17(25-6)15(10-11-22(18)13-26-22)28-19(24)23-20(3,4)12-27-30-7/h8,15-18H,9-13H2,1-7H3,(H,23,24)/t15?,16-,17?,18?,21+,22+/m1/s1. The first kappa shape index (κ1) is 23.9. The smallest absolute Gasteiger partial charge is 0.407 e. The Morgan fingerprint density at radius 1 is 1.37 bits per heavy atom. The highest BCUT2D eigenvalue weighted by molar-refractivity contribution is 7.93. The third kappa shape index (κ3) is 5.15. The molecular formula is C22H37NO6S. The lowest BCUT2D eigenvalue weighted by Crippen LogP contribution is -2.57. The van der Waals surface area contributed by atoms with E-state index < -0.39 is 11.6 Å². The Balaban J connectivity index is 1.68. The Bertz CT molecular complexity index is 660. The van der Waals surface area contributed by atoms with Crippen LogP contribution in [0.3, 0.4) is 0 Å². The first-order valence-electron chi connectivity index (χ1n) is 10.7. The van der Waals surface area contributed by atoms with Crippen LogP contribution in [0.5, 0.6) is 0 Å². The van der Waals surface area contributed by atoms with Gasteiger partial charge in [-0.3, -0.25) is 0 Å². The number of epoxide rings is 2. The maximum absolute atomic E-state index is 12.6. The van der Waals surface area contributed by atoms with E-state index in [1.54, 1.807) is 7.11 Å². The highest BCUT2D eigenvalue weighted by atomic mass is 32.2. The van der Waals surface area contributed by atoms with E-state index in [0.29, 0.717) is 19.6 Å². The van der Waals surface area contributed by atoms with Gasteiger partial charge in [0.2, 0.25) is 0 Å². The largest absolute Gasteiger partial charge is 0.443 e. The van der Waals surface area contributed by atoms with Crippen molar-refractivity contribution in [1.29, 1.82) is 0 Å². The summed E-state index contributed by atoms with van der Waals surface area (Å²) >= 11 is 1.27. The first-order chi connectivity index (χ1) is 14.1. The number of ether oxygens (including phenoxy) is 4. The minimum Gasteiger partial charge on any atom is -0.443 e. The second-order valence-electron chi connectivity index (χ2n) is 9.76. The molecule has 3 aliphatic rings. The van der Waals surface area contributed by atoms with Gasteiger partial charge in [-0.05, 0) is 65.9 Å². The van der Waals surface area contributed by atoms with Gasteiger partial charge < -0.3 is 28.4 Å². The van der Waals surface area contributed by atoms with Crippen LogP contribution in [-0.4, -0.2) is 67.7 Å². The van der Waals surface area contributed by atoms with E-state index >= 15 is 0 Å². The van der Waals surface area contributed by atoms with Crippen LogP contribution in [0.2, 0.25) is 0 Å². The summed E-state index contributed by atoms with van der Waals surface area (Å²) in [5, 5.41) is 2.90. The molecule has 172 valence electrons. The third-order valence-electron chi connectivity index (χ3n) is 6.47. The highest BCUT2D eigenvalue weighted by Crippen LogP contribution is 2.59. The zero-order valence-corrected chi connectivity index (χ0v) is 20.1. The quantitative estimate of drug-likeness (QED) is 0.329. The summed E-state index contributed by atoms with van der Waals surface area (Å²) in [5.74, 6) is 0.0185. The topological polar surface area (TPSA) is 81.9 Å². The van der Waals surface area contributed by atoms with Gasteiger partial charge in [0.15, 0.2) is 0 Å². The second kappa shape index (κ2) is 8.98. The van der Waals surface area contributed by atoms with Crippen molar-refractivity contribution in [2.24, 2.45) is 5.92 Å². The van der Waals surface area contributed by atoms with Gasteiger partial charge in [-0.15, -0.1) is 0 Å². The van der Waals surface area contributed by atoms with Gasteiger partial charge in [0.1, 0.15) is 23.4 Å². The first-order valence-corrected chi connectivity index (χ1v) is 11.8. The average Bonchev–Trinajstić information content (AvgIpc) is 3.57. The molecule has 1 spiro atoms.